The minimum absolute atomic E-state index is 0.178. The summed E-state index contributed by atoms with van der Waals surface area (Å²) in [4.78, 5) is 20.9. The minimum Gasteiger partial charge on any atom is -0.496 e. The highest BCUT2D eigenvalue weighted by atomic mass is 16.6. The zero-order valence-corrected chi connectivity index (χ0v) is 18.4. The molecule has 1 amide bonds. The van der Waals surface area contributed by atoms with Gasteiger partial charge in [0.25, 0.3) is 0 Å². The molecule has 166 valence electrons. The average Bonchev–Trinajstić information content (AvgIpc) is 3.11. The number of nitrogens with zero attached hydrogens (tertiary/aromatic N) is 3. The molecule has 2 aliphatic heterocycles. The topological polar surface area (TPSA) is 84.9 Å². The number of aliphatic imine (C=N–C) groups is 1. The molecule has 1 aromatic rings. The maximum atomic E-state index is 12.3. The number of nitrogens with one attached hydrogen (secondary N) is 1. The first-order chi connectivity index (χ1) is 14.3. The average molecular weight is 421 g/mol. The van der Waals surface area contributed by atoms with Crippen molar-refractivity contribution in [2.24, 2.45) is 4.99 Å². The van der Waals surface area contributed by atoms with Crippen molar-refractivity contribution in [1.29, 1.82) is 0 Å². The quantitative estimate of drug-likeness (QED) is 0.704. The predicted octanol–water partition coefficient (Wildman–Crippen LogP) is 1.96. The van der Waals surface area contributed by atoms with Crippen LogP contribution >= 0.6 is 0 Å². The largest absolute Gasteiger partial charge is 0.496 e. The van der Waals surface area contributed by atoms with Crippen LogP contribution in [0.5, 0.6) is 17.2 Å². The normalized spacial score (nSPS) is 18.4. The number of hydrogen-bond donors (Lipinski definition) is 1. The SMILES string of the molecule is COc1cc(OC)cc(OCCNC2=NCC3CN(C(=O)OC(C)(C)C)CCN23)c1. The van der Waals surface area contributed by atoms with Crippen molar-refractivity contribution in [3.05, 3.63) is 18.2 Å². The molecular formula is C21H32N4O5. The van der Waals surface area contributed by atoms with Crippen LogP contribution in [0, 0.1) is 0 Å². The van der Waals surface area contributed by atoms with Gasteiger partial charge in [0.15, 0.2) is 5.96 Å². The zero-order chi connectivity index (χ0) is 21.7. The molecule has 0 spiro atoms. The Morgan fingerprint density at radius 3 is 2.43 bits per heavy atom. The molecule has 1 aromatic carbocycles. The van der Waals surface area contributed by atoms with Crippen LogP contribution in [0.2, 0.25) is 0 Å². The fourth-order valence-corrected chi connectivity index (χ4v) is 3.42. The number of carbonyl (C=O) groups excluding carboxylic acids is 1. The summed E-state index contributed by atoms with van der Waals surface area (Å²) < 4.78 is 21.8. The summed E-state index contributed by atoms with van der Waals surface area (Å²) in [5.74, 6) is 2.91. The molecule has 1 atom stereocenters. The van der Waals surface area contributed by atoms with Gasteiger partial charge in [-0.05, 0) is 20.8 Å². The maximum Gasteiger partial charge on any atom is 0.410 e. The molecule has 9 nitrogen and oxygen atoms in total. The number of piperazine rings is 1. The van der Waals surface area contributed by atoms with Crippen LogP contribution in [0.25, 0.3) is 0 Å². The van der Waals surface area contributed by atoms with Gasteiger partial charge >= 0.3 is 6.09 Å². The van der Waals surface area contributed by atoms with Crippen molar-refractivity contribution in [3.8, 4) is 17.2 Å². The van der Waals surface area contributed by atoms with E-state index < -0.39 is 5.60 Å². The first-order valence-corrected chi connectivity index (χ1v) is 10.2. The van der Waals surface area contributed by atoms with Crippen LogP contribution in [0.3, 0.4) is 0 Å². The van der Waals surface area contributed by atoms with Crippen molar-refractivity contribution < 1.29 is 23.7 Å². The number of benzene rings is 1. The zero-order valence-electron chi connectivity index (χ0n) is 18.4. The third-order valence-electron chi connectivity index (χ3n) is 4.84. The van der Waals surface area contributed by atoms with Crippen LogP contribution < -0.4 is 19.5 Å². The fourth-order valence-electron chi connectivity index (χ4n) is 3.42. The van der Waals surface area contributed by atoms with E-state index in [0.717, 1.165) is 12.5 Å². The Morgan fingerprint density at radius 2 is 1.80 bits per heavy atom. The molecule has 1 fully saturated rings. The first kappa shape index (κ1) is 21.9. The highest BCUT2D eigenvalue weighted by molar-refractivity contribution is 5.82. The van der Waals surface area contributed by atoms with Crippen LogP contribution in [0.1, 0.15) is 20.8 Å². The summed E-state index contributed by atoms with van der Waals surface area (Å²) in [5, 5.41) is 3.34. The Morgan fingerprint density at radius 1 is 1.13 bits per heavy atom. The van der Waals surface area contributed by atoms with E-state index in [1.165, 1.54) is 0 Å². The smallest absolute Gasteiger partial charge is 0.410 e. The van der Waals surface area contributed by atoms with Gasteiger partial charge in [-0.1, -0.05) is 0 Å². The number of carbonyl (C=O) groups is 1. The third kappa shape index (κ3) is 5.61. The molecule has 1 saturated heterocycles. The molecule has 9 heteroatoms. The first-order valence-electron chi connectivity index (χ1n) is 10.2. The van der Waals surface area contributed by atoms with E-state index in [9.17, 15) is 4.79 Å². The molecule has 0 radical (unpaired) electrons. The Balaban J connectivity index is 1.44. The summed E-state index contributed by atoms with van der Waals surface area (Å²) in [7, 11) is 3.22. The Bertz CT molecular complexity index is 755. The second-order valence-corrected chi connectivity index (χ2v) is 8.26. The second-order valence-electron chi connectivity index (χ2n) is 8.26. The Hall–Kier alpha value is -2.84. The van der Waals surface area contributed by atoms with E-state index in [1.807, 2.05) is 32.9 Å². The van der Waals surface area contributed by atoms with Gasteiger partial charge in [0.05, 0.1) is 33.4 Å². The molecule has 0 saturated carbocycles. The molecule has 2 aliphatic rings. The number of methoxy groups -OCH3 is 2. The van der Waals surface area contributed by atoms with E-state index in [1.54, 1.807) is 25.2 Å². The van der Waals surface area contributed by atoms with Gasteiger partial charge in [-0.2, -0.15) is 0 Å². The van der Waals surface area contributed by atoms with E-state index in [0.29, 0.717) is 50.0 Å². The molecule has 3 rings (SSSR count). The summed E-state index contributed by atoms with van der Waals surface area (Å²) in [6.45, 7) is 9.34. The second kappa shape index (κ2) is 9.32. The van der Waals surface area contributed by atoms with Gasteiger partial charge < -0.3 is 34.1 Å². The van der Waals surface area contributed by atoms with Crippen molar-refractivity contribution >= 4 is 12.1 Å². The van der Waals surface area contributed by atoms with Gasteiger partial charge in [-0.15, -0.1) is 0 Å². The van der Waals surface area contributed by atoms with Crippen molar-refractivity contribution in [2.45, 2.75) is 32.4 Å². The van der Waals surface area contributed by atoms with Crippen LogP contribution in [-0.4, -0.2) is 87.0 Å². The summed E-state index contributed by atoms with van der Waals surface area (Å²) >= 11 is 0. The maximum absolute atomic E-state index is 12.3. The number of amides is 1. The summed E-state index contributed by atoms with van der Waals surface area (Å²) in [6, 6.07) is 5.62. The van der Waals surface area contributed by atoms with Crippen molar-refractivity contribution in [1.82, 2.24) is 15.1 Å². The molecule has 0 aromatic heterocycles. The third-order valence-corrected chi connectivity index (χ3v) is 4.84. The van der Waals surface area contributed by atoms with E-state index in [2.05, 4.69) is 15.2 Å². The van der Waals surface area contributed by atoms with Crippen LogP contribution in [0.15, 0.2) is 23.2 Å². The van der Waals surface area contributed by atoms with E-state index in [-0.39, 0.29) is 12.1 Å². The summed E-state index contributed by atoms with van der Waals surface area (Å²) in [6.07, 6.45) is -0.259. The van der Waals surface area contributed by atoms with Crippen LogP contribution in [0.4, 0.5) is 4.79 Å². The fraction of sp³-hybridized carbons (Fsp3) is 0.619. The lowest BCUT2D eigenvalue weighted by atomic mass is 10.2. The molecule has 2 heterocycles. The molecule has 30 heavy (non-hydrogen) atoms. The number of fused-ring (bicyclic) bond motifs is 1. The van der Waals surface area contributed by atoms with Gasteiger partial charge in [-0.3, -0.25) is 4.99 Å². The van der Waals surface area contributed by atoms with E-state index in [4.69, 9.17) is 18.9 Å². The van der Waals surface area contributed by atoms with Gasteiger partial charge in [0, 0.05) is 37.8 Å². The summed E-state index contributed by atoms with van der Waals surface area (Å²) in [5.41, 5.74) is -0.486. The monoisotopic (exact) mass is 420 g/mol. The molecular weight excluding hydrogens is 388 g/mol. The highest BCUT2D eigenvalue weighted by Crippen LogP contribution is 2.27. The molecule has 1 unspecified atom stereocenters. The van der Waals surface area contributed by atoms with Gasteiger partial charge in [-0.25, -0.2) is 4.79 Å². The van der Waals surface area contributed by atoms with Crippen molar-refractivity contribution in [3.63, 3.8) is 0 Å². The Labute approximate surface area is 177 Å². The number of rotatable bonds is 6. The van der Waals surface area contributed by atoms with E-state index >= 15 is 0 Å². The highest BCUT2D eigenvalue weighted by Gasteiger charge is 2.36. The van der Waals surface area contributed by atoms with Crippen molar-refractivity contribution in [2.75, 3.05) is 53.6 Å². The number of hydrogen-bond acceptors (Lipinski definition) is 8. The molecule has 0 bridgehead atoms. The standard InChI is InChI=1S/C21H32N4O5/c1-21(2,3)30-20(26)24-7-8-25-15(14-24)13-23-19(25)22-6-9-29-18-11-16(27-4)10-17(12-18)28-5/h10-12,15H,6-9,13-14H2,1-5H3,(H,22,23). The number of ether oxygens (including phenoxy) is 4. The predicted molar refractivity (Wildman–Crippen MR) is 114 cm³/mol. The van der Waals surface area contributed by atoms with Gasteiger partial charge in [0.1, 0.15) is 29.5 Å². The number of guanidine groups is 1. The molecule has 1 N–H and O–H groups in total. The van der Waals surface area contributed by atoms with Gasteiger partial charge in [0.2, 0.25) is 0 Å². The lowest BCUT2D eigenvalue weighted by molar-refractivity contribution is 0.0137. The lowest BCUT2D eigenvalue weighted by Gasteiger charge is -2.39. The minimum atomic E-state index is -0.486. The van der Waals surface area contributed by atoms with Crippen LogP contribution in [-0.2, 0) is 4.74 Å². The molecule has 0 aliphatic carbocycles. The Kier molecular flexibility index (Phi) is 6.79. The lowest BCUT2D eigenvalue weighted by Crippen LogP contribution is -2.57.